The quantitative estimate of drug-likeness (QED) is 0.761. The first-order valence-electron chi connectivity index (χ1n) is 5.03. The highest BCUT2D eigenvalue weighted by Gasteiger charge is 2.22. The second-order valence-electron chi connectivity index (χ2n) is 3.76. The number of halogens is 1. The van der Waals surface area contributed by atoms with E-state index in [0.29, 0.717) is 5.88 Å². The molecule has 0 saturated carbocycles. The van der Waals surface area contributed by atoms with Gasteiger partial charge in [-0.15, -0.1) is 11.6 Å². The van der Waals surface area contributed by atoms with Crippen LogP contribution < -0.4 is 0 Å². The molecule has 1 atom stereocenters. The maximum absolute atomic E-state index is 12.0. The molecule has 0 heterocycles. The van der Waals surface area contributed by atoms with Crippen molar-refractivity contribution in [1.29, 1.82) is 0 Å². The van der Waals surface area contributed by atoms with E-state index < -0.39 is 10.0 Å². The van der Waals surface area contributed by atoms with Gasteiger partial charge in [-0.25, -0.2) is 12.7 Å². The van der Waals surface area contributed by atoms with E-state index in [1.54, 1.807) is 26.1 Å². The molecule has 0 amide bonds. The summed E-state index contributed by atoms with van der Waals surface area (Å²) in [5.74, 6) is 0.316. The van der Waals surface area contributed by atoms with E-state index in [0.717, 1.165) is 5.56 Å². The summed E-state index contributed by atoms with van der Waals surface area (Å²) in [6.07, 6.45) is 0. The molecule has 0 aliphatic rings. The highest BCUT2D eigenvalue weighted by molar-refractivity contribution is 7.88. The summed E-state index contributed by atoms with van der Waals surface area (Å²) in [5.41, 5.74) is 0.788. The van der Waals surface area contributed by atoms with Gasteiger partial charge in [0.05, 0.1) is 5.75 Å². The maximum atomic E-state index is 12.0. The van der Waals surface area contributed by atoms with Crippen molar-refractivity contribution in [3.8, 4) is 0 Å². The van der Waals surface area contributed by atoms with Crippen LogP contribution >= 0.6 is 11.6 Å². The minimum Gasteiger partial charge on any atom is -0.212 e. The van der Waals surface area contributed by atoms with E-state index in [4.69, 9.17) is 11.6 Å². The molecule has 16 heavy (non-hydrogen) atoms. The standard InChI is InChI=1S/C11H16ClNO2S/c1-10(8-12)13(2)16(14,15)9-11-6-4-3-5-7-11/h3-7,10H,8-9H2,1-2H3. The van der Waals surface area contributed by atoms with Gasteiger partial charge in [0.15, 0.2) is 0 Å². The Morgan fingerprint density at radius 3 is 2.38 bits per heavy atom. The third-order valence-electron chi connectivity index (χ3n) is 2.47. The lowest BCUT2D eigenvalue weighted by Gasteiger charge is -2.22. The van der Waals surface area contributed by atoms with Crippen LogP contribution in [0.15, 0.2) is 30.3 Å². The van der Waals surface area contributed by atoms with Crippen molar-refractivity contribution in [2.24, 2.45) is 0 Å². The maximum Gasteiger partial charge on any atom is 0.218 e. The molecule has 0 spiro atoms. The van der Waals surface area contributed by atoms with Crippen LogP contribution in [0.25, 0.3) is 0 Å². The zero-order valence-corrected chi connectivity index (χ0v) is 11.0. The van der Waals surface area contributed by atoms with Crippen LogP contribution in [0.2, 0.25) is 0 Å². The lowest BCUT2D eigenvalue weighted by molar-refractivity contribution is 0.413. The van der Waals surface area contributed by atoms with Crippen molar-refractivity contribution in [3.05, 3.63) is 35.9 Å². The van der Waals surface area contributed by atoms with Gasteiger partial charge in [-0.2, -0.15) is 0 Å². The summed E-state index contributed by atoms with van der Waals surface area (Å²) in [6, 6.07) is 8.94. The van der Waals surface area contributed by atoms with Gasteiger partial charge in [-0.05, 0) is 12.5 Å². The molecule has 0 aromatic heterocycles. The summed E-state index contributed by atoms with van der Waals surface area (Å²) in [6.45, 7) is 1.79. The van der Waals surface area contributed by atoms with Gasteiger partial charge >= 0.3 is 0 Å². The molecule has 0 aliphatic heterocycles. The molecule has 1 aromatic carbocycles. The monoisotopic (exact) mass is 261 g/mol. The molecule has 1 aromatic rings. The number of rotatable bonds is 5. The van der Waals surface area contributed by atoms with Gasteiger partial charge in [0, 0.05) is 19.0 Å². The number of sulfonamides is 1. The molecule has 5 heteroatoms. The van der Waals surface area contributed by atoms with Gasteiger partial charge in [0.1, 0.15) is 0 Å². The molecule has 0 aliphatic carbocycles. The third kappa shape index (κ3) is 3.47. The van der Waals surface area contributed by atoms with Gasteiger partial charge in [-0.3, -0.25) is 0 Å². The lowest BCUT2D eigenvalue weighted by Crippen LogP contribution is -2.36. The van der Waals surface area contributed by atoms with Crippen LogP contribution in [0.4, 0.5) is 0 Å². The first kappa shape index (κ1) is 13.5. The Morgan fingerprint density at radius 2 is 1.88 bits per heavy atom. The minimum absolute atomic E-state index is 0.0194. The lowest BCUT2D eigenvalue weighted by atomic mass is 10.2. The summed E-state index contributed by atoms with van der Waals surface area (Å²) in [5, 5.41) is 0. The Bertz CT molecular complexity index is 419. The molecular weight excluding hydrogens is 246 g/mol. The number of nitrogens with zero attached hydrogens (tertiary/aromatic N) is 1. The third-order valence-corrected chi connectivity index (χ3v) is 4.86. The SMILES string of the molecule is CC(CCl)N(C)S(=O)(=O)Cc1ccccc1. The number of hydrogen-bond acceptors (Lipinski definition) is 2. The fourth-order valence-corrected chi connectivity index (χ4v) is 2.99. The van der Waals surface area contributed by atoms with Crippen LogP contribution in [0.3, 0.4) is 0 Å². The van der Waals surface area contributed by atoms with Crippen molar-refractivity contribution in [3.63, 3.8) is 0 Å². The van der Waals surface area contributed by atoms with E-state index in [1.807, 2.05) is 18.2 Å². The smallest absolute Gasteiger partial charge is 0.212 e. The molecular formula is C11H16ClNO2S. The topological polar surface area (TPSA) is 37.4 Å². The Hall–Kier alpha value is -0.580. The van der Waals surface area contributed by atoms with Crippen LogP contribution in [0.1, 0.15) is 12.5 Å². The van der Waals surface area contributed by atoms with Crippen molar-refractivity contribution in [1.82, 2.24) is 4.31 Å². The van der Waals surface area contributed by atoms with E-state index in [-0.39, 0.29) is 11.8 Å². The summed E-state index contributed by atoms with van der Waals surface area (Å²) in [4.78, 5) is 0. The van der Waals surface area contributed by atoms with Gasteiger partial charge < -0.3 is 0 Å². The van der Waals surface area contributed by atoms with Gasteiger partial charge in [0.2, 0.25) is 10.0 Å². The fourth-order valence-electron chi connectivity index (χ4n) is 1.26. The first-order chi connectivity index (χ1) is 7.47. The average Bonchev–Trinajstić information content (AvgIpc) is 2.27. The molecule has 0 N–H and O–H groups in total. The minimum atomic E-state index is -3.28. The van der Waals surface area contributed by atoms with E-state index in [2.05, 4.69) is 0 Å². The van der Waals surface area contributed by atoms with Gasteiger partial charge in [-0.1, -0.05) is 30.3 Å². The Balaban J connectivity index is 2.80. The molecule has 0 bridgehead atoms. The molecule has 90 valence electrons. The molecule has 0 saturated heterocycles. The Kier molecular flexibility index (Phi) is 4.77. The predicted molar refractivity (Wildman–Crippen MR) is 67.0 cm³/mol. The first-order valence-corrected chi connectivity index (χ1v) is 7.17. The predicted octanol–water partition coefficient (Wildman–Crippen LogP) is 2.08. The molecule has 0 fully saturated rings. The van der Waals surface area contributed by atoms with Crippen LogP contribution in [0.5, 0.6) is 0 Å². The fraction of sp³-hybridized carbons (Fsp3) is 0.455. The zero-order chi connectivity index (χ0) is 12.2. The van der Waals surface area contributed by atoms with Crippen molar-refractivity contribution < 1.29 is 8.42 Å². The largest absolute Gasteiger partial charge is 0.218 e. The van der Waals surface area contributed by atoms with Crippen molar-refractivity contribution in [2.75, 3.05) is 12.9 Å². The molecule has 3 nitrogen and oxygen atoms in total. The highest BCUT2D eigenvalue weighted by atomic mass is 35.5. The molecule has 0 radical (unpaired) electrons. The molecule has 1 rings (SSSR count). The average molecular weight is 262 g/mol. The highest BCUT2D eigenvalue weighted by Crippen LogP contribution is 2.12. The van der Waals surface area contributed by atoms with Crippen LogP contribution in [0, 0.1) is 0 Å². The zero-order valence-electron chi connectivity index (χ0n) is 9.43. The second-order valence-corrected chi connectivity index (χ2v) is 6.10. The van der Waals surface area contributed by atoms with Crippen LogP contribution in [-0.2, 0) is 15.8 Å². The van der Waals surface area contributed by atoms with Crippen molar-refractivity contribution >= 4 is 21.6 Å². The van der Waals surface area contributed by atoms with E-state index >= 15 is 0 Å². The van der Waals surface area contributed by atoms with E-state index in [9.17, 15) is 8.42 Å². The van der Waals surface area contributed by atoms with Crippen LogP contribution in [-0.4, -0.2) is 31.7 Å². The van der Waals surface area contributed by atoms with E-state index in [1.165, 1.54) is 4.31 Å². The Morgan fingerprint density at radius 1 is 1.31 bits per heavy atom. The molecule has 1 unspecified atom stereocenters. The van der Waals surface area contributed by atoms with Gasteiger partial charge in [0.25, 0.3) is 0 Å². The Labute approximate surface area is 102 Å². The second kappa shape index (κ2) is 5.66. The number of benzene rings is 1. The summed E-state index contributed by atoms with van der Waals surface area (Å²) < 4.78 is 25.3. The summed E-state index contributed by atoms with van der Waals surface area (Å²) >= 11 is 5.65. The summed E-state index contributed by atoms with van der Waals surface area (Å²) in [7, 11) is -1.71. The normalized spacial score (nSPS) is 14.0. The number of hydrogen-bond donors (Lipinski definition) is 0. The number of alkyl halides is 1. The van der Waals surface area contributed by atoms with Crippen molar-refractivity contribution in [2.45, 2.75) is 18.7 Å².